The fourth-order valence-corrected chi connectivity index (χ4v) is 3.23. The van der Waals surface area contributed by atoms with Gasteiger partial charge in [0.1, 0.15) is 5.75 Å². The highest BCUT2D eigenvalue weighted by molar-refractivity contribution is 5.37. The number of benzene rings is 1. The molecule has 2 heteroatoms. The van der Waals surface area contributed by atoms with Gasteiger partial charge in [0, 0.05) is 11.5 Å². The van der Waals surface area contributed by atoms with E-state index in [2.05, 4.69) is 27.7 Å². The molecule has 1 aromatic carbocycles. The minimum absolute atomic E-state index is 0.172. The quantitative estimate of drug-likeness (QED) is 0.878. The maximum absolute atomic E-state index is 10.7. The highest BCUT2D eigenvalue weighted by Gasteiger charge is 2.67. The summed E-state index contributed by atoms with van der Waals surface area (Å²) in [4.78, 5) is 0. The van der Waals surface area contributed by atoms with Crippen molar-refractivity contribution in [1.82, 2.24) is 0 Å². The Bertz CT molecular complexity index is 420. The number of para-hydroxylation sites is 1. The smallest absolute Gasteiger partial charge is 0.125 e. The van der Waals surface area contributed by atoms with Crippen molar-refractivity contribution in [2.45, 2.75) is 40.7 Å². The van der Waals surface area contributed by atoms with E-state index in [0.29, 0.717) is 6.61 Å². The van der Waals surface area contributed by atoms with Crippen LogP contribution in [0.3, 0.4) is 0 Å². The second-order valence-electron chi connectivity index (χ2n) is 6.34. The molecule has 1 atom stereocenters. The molecule has 1 aliphatic rings. The third kappa shape index (κ3) is 1.83. The van der Waals surface area contributed by atoms with E-state index in [0.717, 1.165) is 11.3 Å². The summed E-state index contributed by atoms with van der Waals surface area (Å²) in [6.07, 6.45) is -0.447. The number of aliphatic hydroxyl groups excluding tert-OH is 1. The predicted octanol–water partition coefficient (Wildman–Crippen LogP) is 3.80. The van der Waals surface area contributed by atoms with Crippen molar-refractivity contribution in [2.24, 2.45) is 16.7 Å². The van der Waals surface area contributed by atoms with Gasteiger partial charge in [-0.25, -0.2) is 0 Å². The molecule has 0 saturated heterocycles. The van der Waals surface area contributed by atoms with E-state index in [-0.39, 0.29) is 16.7 Å². The second-order valence-corrected chi connectivity index (χ2v) is 6.34. The molecule has 1 fully saturated rings. The number of hydrogen-bond donors (Lipinski definition) is 1. The van der Waals surface area contributed by atoms with Gasteiger partial charge in [-0.15, -0.1) is 0 Å². The van der Waals surface area contributed by atoms with E-state index in [1.54, 1.807) is 0 Å². The first kappa shape index (κ1) is 13.4. The first-order valence-electron chi connectivity index (χ1n) is 6.73. The Morgan fingerprint density at radius 2 is 1.72 bits per heavy atom. The van der Waals surface area contributed by atoms with Crippen LogP contribution in [0.1, 0.15) is 46.3 Å². The second kappa shape index (κ2) is 4.27. The van der Waals surface area contributed by atoms with Crippen molar-refractivity contribution >= 4 is 0 Å². The van der Waals surface area contributed by atoms with Crippen LogP contribution in [0.15, 0.2) is 24.3 Å². The average molecular weight is 248 g/mol. The Balaban J connectivity index is 2.28. The standard InChI is InChI=1S/C16H24O2/c1-6-18-12-10-8-7-9-11(12)13(17)14-15(2,3)16(14,4)5/h7-10,13-14,17H,6H2,1-5H3. The summed E-state index contributed by atoms with van der Waals surface area (Å²) in [7, 11) is 0. The normalized spacial score (nSPS) is 22.6. The Morgan fingerprint density at radius 1 is 1.17 bits per heavy atom. The molecule has 0 aromatic heterocycles. The lowest BCUT2D eigenvalue weighted by Gasteiger charge is -2.17. The molecule has 1 N–H and O–H groups in total. The summed E-state index contributed by atoms with van der Waals surface area (Å²) >= 11 is 0. The van der Waals surface area contributed by atoms with Gasteiger partial charge in [-0.1, -0.05) is 45.9 Å². The zero-order valence-electron chi connectivity index (χ0n) is 12.0. The predicted molar refractivity (Wildman–Crippen MR) is 73.6 cm³/mol. The maximum atomic E-state index is 10.7. The molecule has 0 bridgehead atoms. The molecule has 0 heterocycles. The Hall–Kier alpha value is -1.02. The molecule has 18 heavy (non-hydrogen) atoms. The van der Waals surface area contributed by atoms with Gasteiger partial charge in [0.2, 0.25) is 0 Å². The summed E-state index contributed by atoms with van der Waals surface area (Å²) in [5.74, 6) is 1.10. The third-order valence-electron chi connectivity index (χ3n) is 4.99. The highest BCUT2D eigenvalue weighted by atomic mass is 16.5. The molecule has 0 aliphatic heterocycles. The third-order valence-corrected chi connectivity index (χ3v) is 4.99. The SMILES string of the molecule is CCOc1ccccc1C(O)C1C(C)(C)C1(C)C. The molecule has 2 rings (SSSR count). The molecule has 1 saturated carbocycles. The van der Waals surface area contributed by atoms with Crippen LogP contribution in [-0.4, -0.2) is 11.7 Å². The van der Waals surface area contributed by atoms with E-state index in [1.807, 2.05) is 31.2 Å². The molecule has 0 radical (unpaired) electrons. The van der Waals surface area contributed by atoms with E-state index >= 15 is 0 Å². The van der Waals surface area contributed by atoms with Gasteiger partial charge in [-0.3, -0.25) is 0 Å². The van der Waals surface area contributed by atoms with E-state index < -0.39 is 6.10 Å². The first-order valence-corrected chi connectivity index (χ1v) is 6.73. The summed E-state index contributed by atoms with van der Waals surface area (Å²) in [6, 6.07) is 7.82. The van der Waals surface area contributed by atoms with Gasteiger partial charge in [-0.2, -0.15) is 0 Å². The van der Waals surface area contributed by atoms with Gasteiger partial charge in [0.25, 0.3) is 0 Å². The summed E-state index contributed by atoms with van der Waals surface area (Å²) in [5.41, 5.74) is 1.26. The lowest BCUT2D eigenvalue weighted by atomic mass is 9.98. The van der Waals surface area contributed by atoms with Crippen LogP contribution >= 0.6 is 0 Å². The zero-order valence-corrected chi connectivity index (χ0v) is 12.0. The number of ether oxygens (including phenoxy) is 1. The largest absolute Gasteiger partial charge is 0.493 e. The van der Waals surface area contributed by atoms with Crippen molar-refractivity contribution in [3.63, 3.8) is 0 Å². The van der Waals surface area contributed by atoms with E-state index in [9.17, 15) is 5.11 Å². The number of aliphatic hydroxyl groups is 1. The topological polar surface area (TPSA) is 29.5 Å². The minimum atomic E-state index is -0.447. The van der Waals surface area contributed by atoms with Gasteiger partial charge in [0.15, 0.2) is 0 Å². The fraction of sp³-hybridized carbons (Fsp3) is 0.625. The van der Waals surface area contributed by atoms with Crippen LogP contribution in [0.25, 0.3) is 0 Å². The van der Waals surface area contributed by atoms with Crippen LogP contribution in [0.4, 0.5) is 0 Å². The average Bonchev–Trinajstić information content (AvgIpc) is 2.70. The van der Waals surface area contributed by atoms with Gasteiger partial charge >= 0.3 is 0 Å². The number of hydrogen-bond acceptors (Lipinski definition) is 2. The summed E-state index contributed by atoms with van der Waals surface area (Å²) < 4.78 is 5.61. The van der Waals surface area contributed by atoms with E-state index in [1.165, 1.54) is 0 Å². The molecule has 1 aliphatic carbocycles. The Kier molecular flexibility index (Phi) is 3.18. The van der Waals surface area contributed by atoms with Gasteiger partial charge in [0.05, 0.1) is 12.7 Å². The van der Waals surface area contributed by atoms with Crippen molar-refractivity contribution in [1.29, 1.82) is 0 Å². The number of rotatable bonds is 4. The van der Waals surface area contributed by atoms with Crippen LogP contribution in [-0.2, 0) is 0 Å². The minimum Gasteiger partial charge on any atom is -0.493 e. The van der Waals surface area contributed by atoms with Crippen molar-refractivity contribution in [2.75, 3.05) is 6.61 Å². The van der Waals surface area contributed by atoms with E-state index in [4.69, 9.17) is 4.74 Å². The van der Waals surface area contributed by atoms with Crippen molar-refractivity contribution in [3.8, 4) is 5.75 Å². The summed E-state index contributed by atoms with van der Waals surface area (Å²) in [6.45, 7) is 11.5. The molecule has 1 unspecified atom stereocenters. The lowest BCUT2D eigenvalue weighted by Crippen LogP contribution is -2.08. The van der Waals surface area contributed by atoms with Crippen LogP contribution in [0.5, 0.6) is 5.75 Å². The molecule has 2 nitrogen and oxygen atoms in total. The van der Waals surface area contributed by atoms with Crippen LogP contribution in [0, 0.1) is 16.7 Å². The van der Waals surface area contributed by atoms with Gasteiger partial charge in [-0.05, 0) is 23.8 Å². The lowest BCUT2D eigenvalue weighted by molar-refractivity contribution is 0.126. The molecule has 0 spiro atoms. The van der Waals surface area contributed by atoms with Crippen molar-refractivity contribution < 1.29 is 9.84 Å². The molecule has 0 amide bonds. The van der Waals surface area contributed by atoms with Crippen LogP contribution in [0.2, 0.25) is 0 Å². The fourth-order valence-electron chi connectivity index (χ4n) is 3.23. The Labute approximate surface area is 110 Å². The maximum Gasteiger partial charge on any atom is 0.125 e. The van der Waals surface area contributed by atoms with Crippen LogP contribution < -0.4 is 4.74 Å². The molecular formula is C16H24O2. The van der Waals surface area contributed by atoms with Crippen molar-refractivity contribution in [3.05, 3.63) is 29.8 Å². The molecule has 1 aromatic rings. The zero-order chi connectivity index (χ0) is 13.6. The van der Waals surface area contributed by atoms with Gasteiger partial charge < -0.3 is 9.84 Å². The monoisotopic (exact) mass is 248 g/mol. The Morgan fingerprint density at radius 3 is 2.22 bits per heavy atom. The first-order chi connectivity index (χ1) is 8.34. The summed E-state index contributed by atoms with van der Waals surface area (Å²) in [5, 5.41) is 10.7. The molecule has 100 valence electrons. The highest BCUT2D eigenvalue weighted by Crippen LogP contribution is 2.72. The molecular weight excluding hydrogens is 224 g/mol.